The van der Waals surface area contributed by atoms with E-state index in [9.17, 15) is 9.59 Å². The van der Waals surface area contributed by atoms with Crippen molar-refractivity contribution in [1.29, 1.82) is 0 Å². The Morgan fingerprint density at radius 3 is 2.35 bits per heavy atom. The first-order valence-corrected chi connectivity index (χ1v) is 7.69. The number of carbonyl (C=O) groups excluding carboxylic acids is 2. The van der Waals surface area contributed by atoms with Crippen LogP contribution in [0.25, 0.3) is 0 Å². The summed E-state index contributed by atoms with van der Waals surface area (Å²) in [4.78, 5) is 26.3. The van der Waals surface area contributed by atoms with Crippen LogP contribution >= 0.6 is 0 Å². The van der Waals surface area contributed by atoms with Crippen LogP contribution < -0.4 is 9.64 Å². The lowest BCUT2D eigenvalue weighted by molar-refractivity contribution is -0.139. The third-order valence-electron chi connectivity index (χ3n) is 4.14. The van der Waals surface area contributed by atoms with Gasteiger partial charge in [-0.1, -0.05) is 36.4 Å². The minimum Gasteiger partial charge on any atom is -0.426 e. The SMILES string of the molecule is Cc1cccc(C)c1OC(=O)[C@H]1CC(=O)N(c2ccccc2)C1. The van der Waals surface area contributed by atoms with Crippen LogP contribution in [-0.4, -0.2) is 18.4 Å². The van der Waals surface area contributed by atoms with E-state index >= 15 is 0 Å². The molecular formula is C19H19NO3. The molecule has 3 rings (SSSR count). The first-order chi connectivity index (χ1) is 11.1. The highest BCUT2D eigenvalue weighted by atomic mass is 16.5. The molecule has 1 fully saturated rings. The fourth-order valence-electron chi connectivity index (χ4n) is 2.87. The highest BCUT2D eigenvalue weighted by molar-refractivity contribution is 5.99. The normalized spacial score (nSPS) is 17.4. The highest BCUT2D eigenvalue weighted by Crippen LogP contribution is 2.28. The molecule has 1 aliphatic rings. The number of hydrogen-bond donors (Lipinski definition) is 0. The van der Waals surface area contributed by atoms with Gasteiger partial charge in [-0.25, -0.2) is 0 Å². The van der Waals surface area contributed by atoms with E-state index < -0.39 is 5.92 Å². The molecule has 2 aromatic rings. The summed E-state index contributed by atoms with van der Waals surface area (Å²) in [7, 11) is 0. The van der Waals surface area contributed by atoms with Crippen molar-refractivity contribution in [3.8, 4) is 5.75 Å². The smallest absolute Gasteiger partial charge is 0.316 e. The number of carbonyl (C=O) groups is 2. The van der Waals surface area contributed by atoms with Gasteiger partial charge in [-0.05, 0) is 37.1 Å². The first kappa shape index (κ1) is 15.3. The van der Waals surface area contributed by atoms with Crippen molar-refractivity contribution in [3.05, 3.63) is 59.7 Å². The van der Waals surface area contributed by atoms with Crippen LogP contribution in [0.1, 0.15) is 17.5 Å². The minimum absolute atomic E-state index is 0.0420. The molecule has 1 amide bonds. The highest BCUT2D eigenvalue weighted by Gasteiger charge is 2.36. The standard InChI is InChI=1S/C19H19NO3/c1-13-7-6-8-14(2)18(13)23-19(22)15-11-17(21)20(12-15)16-9-4-3-5-10-16/h3-10,15H,11-12H2,1-2H3/t15-/m0/s1. The predicted molar refractivity (Wildman–Crippen MR) is 88.5 cm³/mol. The van der Waals surface area contributed by atoms with Crippen molar-refractivity contribution in [2.24, 2.45) is 5.92 Å². The first-order valence-electron chi connectivity index (χ1n) is 7.69. The maximum atomic E-state index is 12.4. The number of nitrogens with zero attached hydrogens (tertiary/aromatic N) is 1. The second kappa shape index (κ2) is 6.24. The lowest BCUT2D eigenvalue weighted by atomic mass is 10.1. The molecule has 23 heavy (non-hydrogen) atoms. The molecule has 0 radical (unpaired) electrons. The Balaban J connectivity index is 1.73. The van der Waals surface area contributed by atoms with Crippen molar-refractivity contribution in [3.63, 3.8) is 0 Å². The zero-order chi connectivity index (χ0) is 16.4. The number of anilines is 1. The molecule has 0 aromatic heterocycles. The summed E-state index contributed by atoms with van der Waals surface area (Å²) in [5.74, 6) is -0.210. The Morgan fingerprint density at radius 1 is 1.04 bits per heavy atom. The van der Waals surface area contributed by atoms with Crippen LogP contribution in [0.5, 0.6) is 5.75 Å². The van der Waals surface area contributed by atoms with E-state index in [1.54, 1.807) is 4.90 Å². The summed E-state index contributed by atoms with van der Waals surface area (Å²) in [5, 5.41) is 0. The van der Waals surface area contributed by atoms with E-state index in [-0.39, 0.29) is 18.3 Å². The molecule has 1 atom stereocenters. The lowest BCUT2D eigenvalue weighted by Gasteiger charge is -2.16. The van der Waals surface area contributed by atoms with Gasteiger partial charge >= 0.3 is 5.97 Å². The number of rotatable bonds is 3. The third kappa shape index (κ3) is 3.11. The molecule has 1 heterocycles. The maximum absolute atomic E-state index is 12.4. The van der Waals surface area contributed by atoms with Crippen LogP contribution in [0.3, 0.4) is 0 Å². The third-order valence-corrected chi connectivity index (χ3v) is 4.14. The molecule has 4 heteroatoms. The van der Waals surface area contributed by atoms with Gasteiger partial charge in [-0.15, -0.1) is 0 Å². The van der Waals surface area contributed by atoms with Crippen molar-refractivity contribution >= 4 is 17.6 Å². The lowest BCUT2D eigenvalue weighted by Crippen LogP contribution is -2.27. The summed E-state index contributed by atoms with van der Waals surface area (Å²) >= 11 is 0. The predicted octanol–water partition coefficient (Wildman–Crippen LogP) is 3.26. The second-order valence-corrected chi connectivity index (χ2v) is 5.88. The average Bonchev–Trinajstić information content (AvgIpc) is 2.94. The molecule has 2 aromatic carbocycles. The summed E-state index contributed by atoms with van der Waals surface area (Å²) in [6.07, 6.45) is 0.193. The number of esters is 1. The summed E-state index contributed by atoms with van der Waals surface area (Å²) in [6, 6.07) is 15.1. The zero-order valence-corrected chi connectivity index (χ0v) is 13.3. The van der Waals surface area contributed by atoms with E-state index in [0.717, 1.165) is 16.8 Å². The van der Waals surface area contributed by atoms with Crippen LogP contribution in [0.4, 0.5) is 5.69 Å². The topological polar surface area (TPSA) is 46.6 Å². The van der Waals surface area contributed by atoms with Crippen LogP contribution in [0.2, 0.25) is 0 Å². The van der Waals surface area contributed by atoms with E-state index in [4.69, 9.17) is 4.74 Å². The van der Waals surface area contributed by atoms with Gasteiger partial charge in [-0.2, -0.15) is 0 Å². The molecular weight excluding hydrogens is 290 g/mol. The average molecular weight is 309 g/mol. The van der Waals surface area contributed by atoms with E-state index in [1.807, 2.05) is 62.4 Å². The Hall–Kier alpha value is -2.62. The molecule has 0 saturated carbocycles. The Kier molecular flexibility index (Phi) is 4.15. The monoisotopic (exact) mass is 309 g/mol. The maximum Gasteiger partial charge on any atom is 0.316 e. The van der Waals surface area contributed by atoms with Gasteiger partial charge in [0.05, 0.1) is 5.92 Å². The molecule has 0 spiro atoms. The summed E-state index contributed by atoms with van der Waals surface area (Å²) < 4.78 is 5.57. The molecule has 1 aliphatic heterocycles. The van der Waals surface area contributed by atoms with Crippen LogP contribution in [-0.2, 0) is 9.59 Å². The van der Waals surface area contributed by atoms with Gasteiger partial charge in [-0.3, -0.25) is 9.59 Å². The van der Waals surface area contributed by atoms with Crippen molar-refractivity contribution in [2.45, 2.75) is 20.3 Å². The van der Waals surface area contributed by atoms with Crippen LogP contribution in [0.15, 0.2) is 48.5 Å². The fourth-order valence-corrected chi connectivity index (χ4v) is 2.87. The largest absolute Gasteiger partial charge is 0.426 e. The van der Waals surface area contributed by atoms with E-state index in [0.29, 0.717) is 12.3 Å². The van der Waals surface area contributed by atoms with Gasteiger partial charge in [0.2, 0.25) is 5.91 Å². The van der Waals surface area contributed by atoms with Gasteiger partial charge in [0, 0.05) is 18.7 Å². The molecule has 0 unspecified atom stereocenters. The molecule has 4 nitrogen and oxygen atoms in total. The van der Waals surface area contributed by atoms with Gasteiger partial charge in [0.25, 0.3) is 0 Å². The Labute approximate surface area is 135 Å². The molecule has 0 bridgehead atoms. The van der Waals surface area contributed by atoms with Crippen LogP contribution in [0, 0.1) is 19.8 Å². The van der Waals surface area contributed by atoms with Gasteiger partial charge < -0.3 is 9.64 Å². The molecule has 0 aliphatic carbocycles. The summed E-state index contributed by atoms with van der Waals surface area (Å²) in [5.41, 5.74) is 2.66. The Morgan fingerprint density at radius 2 is 1.70 bits per heavy atom. The number of para-hydroxylation sites is 2. The number of ether oxygens (including phenoxy) is 1. The fraction of sp³-hybridized carbons (Fsp3) is 0.263. The number of aryl methyl sites for hydroxylation is 2. The van der Waals surface area contributed by atoms with Crippen molar-refractivity contribution in [1.82, 2.24) is 0 Å². The molecule has 1 saturated heterocycles. The van der Waals surface area contributed by atoms with Gasteiger partial charge in [0.1, 0.15) is 5.75 Å². The number of hydrogen-bond acceptors (Lipinski definition) is 3. The number of benzene rings is 2. The molecule has 118 valence electrons. The van der Waals surface area contributed by atoms with E-state index in [2.05, 4.69) is 0 Å². The zero-order valence-electron chi connectivity index (χ0n) is 13.3. The Bertz CT molecular complexity index is 719. The van der Waals surface area contributed by atoms with Gasteiger partial charge in [0.15, 0.2) is 0 Å². The number of amides is 1. The van der Waals surface area contributed by atoms with Crippen molar-refractivity contribution < 1.29 is 14.3 Å². The summed E-state index contributed by atoms with van der Waals surface area (Å²) in [6.45, 7) is 4.18. The quantitative estimate of drug-likeness (QED) is 0.646. The molecule has 0 N–H and O–H groups in total. The van der Waals surface area contributed by atoms with E-state index in [1.165, 1.54) is 0 Å². The van der Waals surface area contributed by atoms with Crippen molar-refractivity contribution in [2.75, 3.05) is 11.4 Å². The minimum atomic E-state index is -0.429. The second-order valence-electron chi connectivity index (χ2n) is 5.88.